The molecule has 2 N–H and O–H groups in total. The fraction of sp³-hybridized carbons (Fsp3) is 0.300. The van der Waals surface area contributed by atoms with Crippen molar-refractivity contribution in [2.24, 2.45) is 4.99 Å². The number of morpholine rings is 1. The summed E-state index contributed by atoms with van der Waals surface area (Å²) in [6.45, 7) is 3.69. The molecule has 1 amide bonds. The van der Waals surface area contributed by atoms with E-state index in [1.165, 1.54) is 0 Å². The molecule has 1 fully saturated rings. The van der Waals surface area contributed by atoms with Crippen molar-refractivity contribution in [3.63, 3.8) is 0 Å². The summed E-state index contributed by atoms with van der Waals surface area (Å²) in [6.07, 6.45) is 0. The lowest BCUT2D eigenvalue weighted by Crippen LogP contribution is -2.36. The van der Waals surface area contributed by atoms with Gasteiger partial charge < -0.3 is 15.0 Å². The summed E-state index contributed by atoms with van der Waals surface area (Å²) in [6, 6.07) is 14.2. The molecule has 29 heavy (non-hydrogen) atoms. The molecule has 152 valence electrons. The molecule has 8 nitrogen and oxygen atoms in total. The minimum absolute atomic E-state index is 0.189. The lowest BCUT2D eigenvalue weighted by atomic mass is 10.1. The van der Waals surface area contributed by atoms with E-state index in [1.54, 1.807) is 36.4 Å². The number of hydrogen-bond donors (Lipinski definition) is 2. The summed E-state index contributed by atoms with van der Waals surface area (Å²) in [4.78, 5) is 19.1. The van der Waals surface area contributed by atoms with Crippen molar-refractivity contribution in [3.8, 4) is 0 Å². The summed E-state index contributed by atoms with van der Waals surface area (Å²) >= 11 is 0. The molecule has 0 aliphatic carbocycles. The summed E-state index contributed by atoms with van der Waals surface area (Å²) in [7, 11) is -3.54. The van der Waals surface area contributed by atoms with Gasteiger partial charge in [0.05, 0.1) is 24.7 Å². The fourth-order valence-corrected chi connectivity index (χ4v) is 4.59. The van der Waals surface area contributed by atoms with Crippen LogP contribution in [0.4, 0.5) is 5.69 Å². The third-order valence-corrected chi connectivity index (χ3v) is 6.23. The maximum absolute atomic E-state index is 12.3. The van der Waals surface area contributed by atoms with Gasteiger partial charge in [0.1, 0.15) is 5.84 Å². The molecule has 0 atom stereocenters. The molecule has 0 radical (unpaired) electrons. The highest BCUT2D eigenvalue weighted by Crippen LogP contribution is 2.22. The molecule has 0 spiro atoms. The Labute approximate surface area is 169 Å². The summed E-state index contributed by atoms with van der Waals surface area (Å²) in [5.74, 6) is 0.121. The van der Waals surface area contributed by atoms with Gasteiger partial charge in [-0.25, -0.2) is 8.42 Å². The van der Waals surface area contributed by atoms with Crippen LogP contribution in [0.5, 0.6) is 0 Å². The van der Waals surface area contributed by atoms with Gasteiger partial charge in [-0.15, -0.1) is 0 Å². The van der Waals surface area contributed by atoms with Gasteiger partial charge >= 0.3 is 0 Å². The van der Waals surface area contributed by atoms with Crippen molar-refractivity contribution in [2.45, 2.75) is 4.90 Å². The molecular formula is C20H22N4O4S. The third-order valence-electron chi connectivity index (χ3n) is 4.84. The second-order valence-corrected chi connectivity index (χ2v) is 8.39. The number of anilines is 1. The van der Waals surface area contributed by atoms with Crippen molar-refractivity contribution in [2.75, 3.05) is 44.3 Å². The van der Waals surface area contributed by atoms with E-state index in [2.05, 4.69) is 19.9 Å². The number of fused-ring (bicyclic) bond motifs is 1. The first kappa shape index (κ1) is 19.4. The van der Waals surface area contributed by atoms with Gasteiger partial charge in [-0.1, -0.05) is 12.1 Å². The minimum Gasteiger partial charge on any atom is -0.378 e. The van der Waals surface area contributed by atoms with Gasteiger partial charge in [0, 0.05) is 36.4 Å². The molecule has 0 unspecified atom stereocenters. The Morgan fingerprint density at radius 2 is 1.83 bits per heavy atom. The van der Waals surface area contributed by atoms with Crippen LogP contribution < -0.4 is 14.9 Å². The van der Waals surface area contributed by atoms with Crippen LogP contribution in [0.2, 0.25) is 0 Å². The summed E-state index contributed by atoms with van der Waals surface area (Å²) in [5, 5.41) is 2.81. The fourth-order valence-electron chi connectivity index (χ4n) is 3.34. The first-order valence-electron chi connectivity index (χ1n) is 9.42. The monoisotopic (exact) mass is 414 g/mol. The number of aliphatic imine (C=N–C) groups is 1. The summed E-state index contributed by atoms with van der Waals surface area (Å²) < 4.78 is 31.9. The predicted octanol–water partition coefficient (Wildman–Crippen LogP) is 0.992. The Morgan fingerprint density at radius 3 is 2.59 bits per heavy atom. The van der Waals surface area contributed by atoms with Crippen LogP contribution in [0.1, 0.15) is 15.9 Å². The van der Waals surface area contributed by atoms with E-state index in [1.807, 2.05) is 12.1 Å². The number of carbonyl (C=O) groups is 1. The molecule has 0 saturated carbocycles. The number of nitrogens with one attached hydrogen (secondary N) is 2. The number of rotatable bonds is 5. The smallest absolute Gasteiger partial charge is 0.263 e. The van der Waals surface area contributed by atoms with Crippen molar-refractivity contribution < 1.29 is 17.9 Å². The topological polar surface area (TPSA) is 100 Å². The quantitative estimate of drug-likeness (QED) is 0.711. The molecule has 0 bridgehead atoms. The van der Waals surface area contributed by atoms with Crippen molar-refractivity contribution in [1.29, 1.82) is 0 Å². The van der Waals surface area contributed by atoms with Gasteiger partial charge in [0.15, 0.2) is 0 Å². The first-order valence-corrected chi connectivity index (χ1v) is 10.9. The highest BCUT2D eigenvalue weighted by molar-refractivity contribution is 7.90. The predicted molar refractivity (Wildman–Crippen MR) is 110 cm³/mol. The number of amides is 1. The normalized spacial score (nSPS) is 18.9. The van der Waals surface area contributed by atoms with E-state index in [4.69, 9.17) is 4.74 Å². The number of sulfonamides is 1. The van der Waals surface area contributed by atoms with Crippen LogP contribution >= 0.6 is 0 Å². The number of nitrogens with zero attached hydrogens (tertiary/aromatic N) is 2. The molecule has 9 heteroatoms. The van der Waals surface area contributed by atoms with Crippen molar-refractivity contribution in [1.82, 2.24) is 10.0 Å². The molecule has 2 aromatic rings. The molecule has 0 aromatic heterocycles. The second kappa shape index (κ2) is 8.22. The van der Waals surface area contributed by atoms with Crippen molar-refractivity contribution >= 4 is 27.5 Å². The standard InChI is InChI=1S/C20H22N4O4S/c25-20(15-5-7-16(8-6-15)24-11-13-28-14-12-24)22-10-9-21-19-17-3-1-2-4-18(17)29(26,27)23-19/h1-8H,9-14H2,(H,21,23)(H,22,25). The second-order valence-electron chi connectivity index (χ2n) is 6.73. The zero-order valence-corrected chi connectivity index (χ0v) is 16.6. The van der Waals surface area contributed by atoms with Gasteiger partial charge in [-0.3, -0.25) is 14.5 Å². The molecular weight excluding hydrogens is 392 g/mol. The molecule has 4 rings (SSSR count). The molecule has 1 saturated heterocycles. The van der Waals surface area contributed by atoms with Gasteiger partial charge in [-0.05, 0) is 36.4 Å². The summed E-state index contributed by atoms with van der Waals surface area (Å²) in [5.41, 5.74) is 2.20. The van der Waals surface area contributed by atoms with E-state index in [0.29, 0.717) is 36.7 Å². The lowest BCUT2D eigenvalue weighted by molar-refractivity contribution is 0.0954. The number of benzene rings is 2. The Morgan fingerprint density at radius 1 is 1.10 bits per heavy atom. The van der Waals surface area contributed by atoms with E-state index >= 15 is 0 Å². The number of ether oxygens (including phenoxy) is 1. The van der Waals surface area contributed by atoms with Crippen molar-refractivity contribution in [3.05, 3.63) is 59.7 Å². The maximum Gasteiger partial charge on any atom is 0.263 e. The highest BCUT2D eigenvalue weighted by Gasteiger charge is 2.29. The van der Waals surface area contributed by atoms with Gasteiger partial charge in [-0.2, -0.15) is 0 Å². The van der Waals surface area contributed by atoms with Crippen LogP contribution in [0, 0.1) is 0 Å². The molecule has 2 aliphatic heterocycles. The van der Waals surface area contributed by atoms with Gasteiger partial charge in [0.25, 0.3) is 15.9 Å². The Bertz CT molecular complexity index is 1030. The van der Waals surface area contributed by atoms with Crippen LogP contribution in [-0.4, -0.2) is 59.6 Å². The maximum atomic E-state index is 12.3. The highest BCUT2D eigenvalue weighted by atomic mass is 32.2. The van der Waals surface area contributed by atoms with Crippen LogP contribution in [0.15, 0.2) is 58.4 Å². The first-order chi connectivity index (χ1) is 14.0. The Hall–Kier alpha value is -2.91. The largest absolute Gasteiger partial charge is 0.378 e. The van der Waals surface area contributed by atoms with E-state index in [9.17, 15) is 13.2 Å². The SMILES string of the molecule is O=C(NCCN=C1NS(=O)(=O)c2ccccc21)c1ccc(N2CCOCC2)cc1. The zero-order valence-electron chi connectivity index (χ0n) is 15.8. The van der Waals surface area contributed by atoms with Crippen LogP contribution in [0.25, 0.3) is 0 Å². The van der Waals surface area contributed by atoms with Gasteiger partial charge in [0.2, 0.25) is 0 Å². The number of carbonyl (C=O) groups excluding carboxylic acids is 1. The van der Waals surface area contributed by atoms with E-state index in [0.717, 1.165) is 18.8 Å². The van der Waals surface area contributed by atoms with E-state index in [-0.39, 0.29) is 17.3 Å². The molecule has 2 aromatic carbocycles. The Balaban J connectivity index is 1.32. The zero-order chi connectivity index (χ0) is 20.3. The molecule has 2 aliphatic rings. The van der Waals surface area contributed by atoms with Crippen LogP contribution in [-0.2, 0) is 14.8 Å². The Kier molecular flexibility index (Phi) is 5.50. The average Bonchev–Trinajstić information content (AvgIpc) is 3.02. The van der Waals surface area contributed by atoms with E-state index < -0.39 is 10.0 Å². The number of amidine groups is 1. The third kappa shape index (κ3) is 4.25. The lowest BCUT2D eigenvalue weighted by Gasteiger charge is -2.28. The average molecular weight is 414 g/mol. The molecule has 2 heterocycles. The number of hydrogen-bond acceptors (Lipinski definition) is 6. The minimum atomic E-state index is -3.54. The van der Waals surface area contributed by atoms with Crippen LogP contribution in [0.3, 0.4) is 0 Å².